The molecule has 2 aliphatic heterocycles. The molecule has 1 amide bonds. The highest BCUT2D eigenvalue weighted by atomic mass is 35.5. The number of aromatic nitrogens is 1. The number of hydrogen-bond acceptors (Lipinski definition) is 6. The molecule has 2 aromatic rings. The molecule has 1 aromatic heterocycles. The maximum Gasteiger partial charge on any atom is 0.249 e. The number of aliphatic hydroxyl groups excluding tert-OH is 1. The van der Waals surface area contributed by atoms with Crippen LogP contribution < -0.4 is 10.2 Å². The summed E-state index contributed by atoms with van der Waals surface area (Å²) in [6.07, 6.45) is 0.289. The van der Waals surface area contributed by atoms with Gasteiger partial charge in [-0.2, -0.15) is 0 Å². The largest absolute Gasteiger partial charge is 0.389 e. The minimum absolute atomic E-state index is 0.337. The molecule has 1 aromatic carbocycles. The summed E-state index contributed by atoms with van der Waals surface area (Å²) in [5, 5.41) is 15.3. The molecule has 1 aliphatic carbocycles. The fourth-order valence-electron chi connectivity index (χ4n) is 4.95. The molecule has 3 fully saturated rings. The van der Waals surface area contributed by atoms with Gasteiger partial charge in [0.1, 0.15) is 5.82 Å². The topological polar surface area (TPSA) is 77.9 Å². The van der Waals surface area contributed by atoms with E-state index in [2.05, 4.69) is 20.1 Å². The molecule has 2 saturated heterocycles. The van der Waals surface area contributed by atoms with Gasteiger partial charge in [0.15, 0.2) is 0 Å². The molecule has 10 heteroatoms. The monoisotopic (exact) mass is 480 g/mol. The van der Waals surface area contributed by atoms with E-state index in [0.717, 1.165) is 42.6 Å². The Morgan fingerprint density at radius 2 is 1.94 bits per heavy atom. The molecular formula is C23H27ClF2N4O3. The highest BCUT2D eigenvalue weighted by Gasteiger charge is 2.48. The van der Waals surface area contributed by atoms with E-state index >= 15 is 0 Å². The van der Waals surface area contributed by atoms with Gasteiger partial charge in [0, 0.05) is 56.5 Å². The lowest BCUT2D eigenvalue weighted by Crippen LogP contribution is -2.60. The number of rotatable bonds is 4. The fraction of sp³-hybridized carbons (Fsp3) is 0.565. The molecule has 0 spiro atoms. The number of aliphatic hydroxyl groups is 1. The van der Waals surface area contributed by atoms with Gasteiger partial charge < -0.3 is 20.1 Å². The first kappa shape index (κ1) is 22.7. The van der Waals surface area contributed by atoms with Gasteiger partial charge in [-0.15, -0.1) is 0 Å². The van der Waals surface area contributed by atoms with Crippen molar-refractivity contribution in [3.8, 4) is 0 Å². The Morgan fingerprint density at radius 3 is 2.58 bits per heavy atom. The summed E-state index contributed by atoms with van der Waals surface area (Å²) in [6.45, 7) is 5.96. The SMILES string of the molecule is CC1(N2CCN(c3cc4cc(NC(=O)C5CC(F)(F)C5)ncc4cc3Cl)CC2)COCC1O. The second kappa shape index (κ2) is 8.30. The lowest BCUT2D eigenvalue weighted by Gasteiger charge is -2.45. The Morgan fingerprint density at radius 1 is 1.21 bits per heavy atom. The lowest BCUT2D eigenvalue weighted by atomic mass is 9.81. The average Bonchev–Trinajstić information content (AvgIpc) is 3.11. The van der Waals surface area contributed by atoms with Crippen molar-refractivity contribution >= 4 is 39.8 Å². The number of benzene rings is 1. The van der Waals surface area contributed by atoms with Crippen LogP contribution in [0.5, 0.6) is 0 Å². The number of nitrogens with zero attached hydrogens (tertiary/aromatic N) is 3. The number of nitrogens with one attached hydrogen (secondary N) is 1. The quantitative estimate of drug-likeness (QED) is 0.700. The Bertz CT molecular complexity index is 1070. The Hall–Kier alpha value is -2.07. The molecule has 0 radical (unpaired) electrons. The van der Waals surface area contributed by atoms with Crippen LogP contribution in [0.25, 0.3) is 10.8 Å². The van der Waals surface area contributed by atoms with Crippen LogP contribution >= 0.6 is 11.6 Å². The van der Waals surface area contributed by atoms with Crippen molar-refractivity contribution in [1.82, 2.24) is 9.88 Å². The minimum Gasteiger partial charge on any atom is -0.389 e. The summed E-state index contributed by atoms with van der Waals surface area (Å²) >= 11 is 6.59. The van der Waals surface area contributed by atoms with Crippen LogP contribution in [-0.2, 0) is 9.53 Å². The van der Waals surface area contributed by atoms with Crippen molar-refractivity contribution in [1.29, 1.82) is 0 Å². The van der Waals surface area contributed by atoms with Crippen LogP contribution in [0.15, 0.2) is 24.4 Å². The fourth-order valence-corrected chi connectivity index (χ4v) is 5.24. The zero-order chi connectivity index (χ0) is 23.4. The molecule has 2 N–H and O–H groups in total. The molecule has 5 rings (SSSR count). The van der Waals surface area contributed by atoms with Crippen LogP contribution in [0.4, 0.5) is 20.3 Å². The Kier molecular flexibility index (Phi) is 5.71. The first-order valence-corrected chi connectivity index (χ1v) is 11.6. The van der Waals surface area contributed by atoms with Gasteiger partial charge in [0.05, 0.1) is 35.6 Å². The number of piperazine rings is 1. The third kappa shape index (κ3) is 4.27. The number of amides is 1. The average molecular weight is 481 g/mol. The summed E-state index contributed by atoms with van der Waals surface area (Å²) in [5.74, 6) is -3.51. The van der Waals surface area contributed by atoms with E-state index in [9.17, 15) is 18.7 Å². The number of alkyl halides is 2. The van der Waals surface area contributed by atoms with E-state index in [-0.39, 0.29) is 5.54 Å². The van der Waals surface area contributed by atoms with E-state index in [1.807, 2.05) is 19.1 Å². The van der Waals surface area contributed by atoms with Crippen LogP contribution in [0.3, 0.4) is 0 Å². The van der Waals surface area contributed by atoms with Gasteiger partial charge in [0.25, 0.3) is 0 Å². The van der Waals surface area contributed by atoms with Crippen molar-refractivity contribution < 1.29 is 23.4 Å². The number of carbonyl (C=O) groups is 1. The van der Waals surface area contributed by atoms with Crippen LogP contribution in [-0.4, -0.2) is 77.9 Å². The number of halogens is 3. The van der Waals surface area contributed by atoms with Gasteiger partial charge in [-0.1, -0.05) is 11.6 Å². The van der Waals surface area contributed by atoms with Crippen molar-refractivity contribution in [2.45, 2.75) is 37.3 Å². The molecule has 0 bridgehead atoms. The van der Waals surface area contributed by atoms with Gasteiger partial charge >= 0.3 is 0 Å². The number of carbonyl (C=O) groups excluding carboxylic acids is 1. The number of pyridine rings is 1. The molecular weight excluding hydrogens is 454 g/mol. The molecule has 3 heterocycles. The number of fused-ring (bicyclic) bond motifs is 1. The van der Waals surface area contributed by atoms with Gasteiger partial charge in [-0.3, -0.25) is 9.69 Å². The normalized spacial score (nSPS) is 28.2. The van der Waals surface area contributed by atoms with Crippen molar-refractivity contribution in [2.75, 3.05) is 49.6 Å². The molecule has 7 nitrogen and oxygen atoms in total. The summed E-state index contributed by atoms with van der Waals surface area (Å²) in [7, 11) is 0. The summed E-state index contributed by atoms with van der Waals surface area (Å²) in [4.78, 5) is 21.0. The minimum atomic E-state index is -2.74. The predicted octanol–water partition coefficient (Wildman–Crippen LogP) is 3.14. The molecule has 1 saturated carbocycles. The third-order valence-corrected chi connectivity index (χ3v) is 7.53. The Labute approximate surface area is 195 Å². The molecule has 178 valence electrons. The first-order chi connectivity index (χ1) is 15.6. The highest BCUT2D eigenvalue weighted by molar-refractivity contribution is 6.34. The van der Waals surface area contributed by atoms with Crippen LogP contribution in [0, 0.1) is 5.92 Å². The maximum atomic E-state index is 13.1. The second-order valence-corrected chi connectivity index (χ2v) is 9.94. The first-order valence-electron chi connectivity index (χ1n) is 11.2. The van der Waals surface area contributed by atoms with Crippen LogP contribution in [0.2, 0.25) is 5.02 Å². The maximum absolute atomic E-state index is 13.1. The summed E-state index contributed by atoms with van der Waals surface area (Å²) < 4.78 is 31.6. The van der Waals surface area contributed by atoms with E-state index in [1.165, 1.54) is 0 Å². The van der Waals surface area contributed by atoms with Gasteiger partial charge in [-0.25, -0.2) is 13.8 Å². The second-order valence-electron chi connectivity index (χ2n) is 9.53. The molecule has 33 heavy (non-hydrogen) atoms. The van der Waals surface area contributed by atoms with E-state index < -0.39 is 36.7 Å². The zero-order valence-electron chi connectivity index (χ0n) is 18.4. The zero-order valence-corrected chi connectivity index (χ0v) is 19.1. The molecule has 3 aliphatic rings. The number of hydrogen-bond donors (Lipinski definition) is 2. The smallest absolute Gasteiger partial charge is 0.249 e. The lowest BCUT2D eigenvalue weighted by molar-refractivity contribution is -0.145. The van der Waals surface area contributed by atoms with E-state index in [4.69, 9.17) is 16.3 Å². The third-order valence-electron chi connectivity index (χ3n) is 7.23. The van der Waals surface area contributed by atoms with Crippen molar-refractivity contribution in [2.24, 2.45) is 5.92 Å². The predicted molar refractivity (Wildman–Crippen MR) is 122 cm³/mol. The summed E-state index contributed by atoms with van der Waals surface area (Å²) in [6, 6.07) is 5.56. The molecule has 2 unspecified atom stereocenters. The molecule has 2 atom stereocenters. The standard InChI is InChI=1S/C23H27ClF2N4O3/c1-22(13-33-12-19(22)31)30-4-2-29(3-5-30)18-7-14-8-20(27-11-15(14)6-17(18)24)28-21(32)16-9-23(25,26)10-16/h6-8,11,16,19,31H,2-5,9-10,12-13H2,1H3,(H,27,28,32). The van der Waals surface area contributed by atoms with Crippen molar-refractivity contribution in [3.05, 3.63) is 29.4 Å². The van der Waals surface area contributed by atoms with Gasteiger partial charge in [0.2, 0.25) is 11.8 Å². The number of anilines is 2. The van der Waals surface area contributed by atoms with Crippen molar-refractivity contribution in [3.63, 3.8) is 0 Å². The van der Waals surface area contributed by atoms with E-state index in [1.54, 1.807) is 12.3 Å². The Balaban J connectivity index is 1.30. The van der Waals surface area contributed by atoms with Crippen LogP contribution in [0.1, 0.15) is 19.8 Å². The highest BCUT2D eigenvalue weighted by Crippen LogP contribution is 2.43. The number of ether oxygens (including phenoxy) is 1. The summed E-state index contributed by atoms with van der Waals surface area (Å²) in [5.41, 5.74) is 0.516. The van der Waals surface area contributed by atoms with Gasteiger partial charge in [-0.05, 0) is 30.5 Å². The van der Waals surface area contributed by atoms with E-state index in [0.29, 0.717) is 24.1 Å².